The Balaban J connectivity index is 1.75. The second kappa shape index (κ2) is 8.22. The monoisotopic (exact) mass is 395 g/mol. The van der Waals surface area contributed by atoms with E-state index in [0.29, 0.717) is 12.3 Å². The van der Waals surface area contributed by atoms with Crippen LogP contribution in [0.5, 0.6) is 0 Å². The number of nitrogens with zero attached hydrogens (tertiary/aromatic N) is 2. The molecule has 2 aromatic rings. The molecular formula is C21H21N3O5. The van der Waals surface area contributed by atoms with E-state index in [1.807, 2.05) is 44.2 Å². The van der Waals surface area contributed by atoms with Crippen LogP contribution in [-0.2, 0) is 4.79 Å². The highest BCUT2D eigenvalue weighted by Gasteiger charge is 2.38. The van der Waals surface area contributed by atoms with Crippen molar-refractivity contribution in [3.63, 3.8) is 0 Å². The van der Waals surface area contributed by atoms with Gasteiger partial charge in [-0.2, -0.15) is 0 Å². The second-order valence-corrected chi connectivity index (χ2v) is 7.34. The first-order valence-electron chi connectivity index (χ1n) is 9.27. The molecular weight excluding hydrogens is 374 g/mol. The molecule has 29 heavy (non-hydrogen) atoms. The highest BCUT2D eigenvalue weighted by Crippen LogP contribution is 2.27. The summed E-state index contributed by atoms with van der Waals surface area (Å²) in [5.74, 6) is -1.48. The first kappa shape index (κ1) is 20.2. The van der Waals surface area contributed by atoms with Gasteiger partial charge in [-0.05, 0) is 24.0 Å². The Kier molecular flexibility index (Phi) is 5.72. The highest BCUT2D eigenvalue weighted by molar-refractivity contribution is 6.22. The highest BCUT2D eigenvalue weighted by atomic mass is 16.6. The normalized spacial score (nSPS) is 14.1. The molecule has 0 unspecified atom stereocenters. The van der Waals surface area contributed by atoms with Crippen LogP contribution in [0.15, 0.2) is 48.5 Å². The fraction of sp³-hybridized carbons (Fsp3) is 0.286. The van der Waals surface area contributed by atoms with E-state index in [0.717, 1.165) is 16.5 Å². The number of amides is 3. The number of hydrogen-bond donors (Lipinski definition) is 1. The van der Waals surface area contributed by atoms with E-state index in [-0.39, 0.29) is 22.9 Å². The van der Waals surface area contributed by atoms with Crippen LogP contribution >= 0.6 is 0 Å². The maximum absolute atomic E-state index is 12.6. The van der Waals surface area contributed by atoms with E-state index in [4.69, 9.17) is 0 Å². The second-order valence-electron chi connectivity index (χ2n) is 7.34. The van der Waals surface area contributed by atoms with Gasteiger partial charge in [0.05, 0.1) is 22.1 Å². The van der Waals surface area contributed by atoms with Gasteiger partial charge in [0, 0.05) is 12.1 Å². The average molecular weight is 395 g/mol. The maximum atomic E-state index is 12.6. The molecule has 0 aliphatic carbocycles. The zero-order chi connectivity index (χ0) is 21.1. The third kappa shape index (κ3) is 4.31. The third-order valence-corrected chi connectivity index (χ3v) is 4.71. The summed E-state index contributed by atoms with van der Waals surface area (Å²) < 4.78 is 0. The summed E-state index contributed by atoms with van der Waals surface area (Å²) >= 11 is 0. The van der Waals surface area contributed by atoms with Crippen molar-refractivity contribution in [2.75, 3.05) is 6.54 Å². The molecule has 0 bridgehead atoms. The Morgan fingerprint density at radius 1 is 1.07 bits per heavy atom. The molecule has 3 amide bonds. The van der Waals surface area contributed by atoms with E-state index in [2.05, 4.69) is 5.32 Å². The van der Waals surface area contributed by atoms with E-state index in [9.17, 15) is 24.5 Å². The summed E-state index contributed by atoms with van der Waals surface area (Å²) in [6.45, 7) is 3.64. The van der Waals surface area contributed by atoms with E-state index in [1.54, 1.807) is 0 Å². The quantitative estimate of drug-likeness (QED) is 0.440. The van der Waals surface area contributed by atoms with Gasteiger partial charge < -0.3 is 5.32 Å². The summed E-state index contributed by atoms with van der Waals surface area (Å²) in [6, 6.07) is 12.7. The van der Waals surface area contributed by atoms with Crippen molar-refractivity contribution in [1.29, 1.82) is 0 Å². The van der Waals surface area contributed by atoms with Crippen molar-refractivity contribution in [1.82, 2.24) is 10.2 Å². The number of nitro groups is 1. The van der Waals surface area contributed by atoms with Gasteiger partial charge in [-0.15, -0.1) is 0 Å². The zero-order valence-electron chi connectivity index (χ0n) is 16.1. The number of hydrogen-bond acceptors (Lipinski definition) is 5. The van der Waals surface area contributed by atoms with Crippen LogP contribution in [0.1, 0.15) is 52.6 Å². The first-order chi connectivity index (χ1) is 13.8. The first-order valence-corrected chi connectivity index (χ1v) is 9.27. The number of carbonyl (C=O) groups is 3. The molecule has 3 rings (SSSR count). The molecule has 1 aliphatic rings. The van der Waals surface area contributed by atoms with Crippen LogP contribution in [0.3, 0.4) is 0 Å². The minimum atomic E-state index is -0.705. The lowest BCUT2D eigenvalue weighted by Crippen LogP contribution is -2.41. The van der Waals surface area contributed by atoms with Gasteiger partial charge in [0.2, 0.25) is 5.91 Å². The van der Waals surface area contributed by atoms with Crippen molar-refractivity contribution in [2.24, 2.45) is 5.92 Å². The Labute approximate surface area is 167 Å². The SMILES string of the molecule is CC(C)C[C@@H](NC(=O)CN1C(=O)c2ccc([N+](=O)[O-])cc2C1=O)c1ccccc1. The Bertz CT molecular complexity index is 972. The van der Waals surface area contributed by atoms with Gasteiger partial charge in [0.1, 0.15) is 6.54 Å². The molecule has 8 heteroatoms. The van der Waals surface area contributed by atoms with Crippen molar-refractivity contribution in [2.45, 2.75) is 26.3 Å². The van der Waals surface area contributed by atoms with Gasteiger partial charge in [-0.3, -0.25) is 29.4 Å². The molecule has 1 heterocycles. The molecule has 0 saturated heterocycles. The van der Waals surface area contributed by atoms with Crippen LogP contribution in [0, 0.1) is 16.0 Å². The summed E-state index contributed by atoms with van der Waals surface area (Å²) in [6.07, 6.45) is 0.698. The fourth-order valence-electron chi connectivity index (χ4n) is 3.35. The van der Waals surface area contributed by atoms with Gasteiger partial charge in [-0.25, -0.2) is 0 Å². The Morgan fingerprint density at radius 3 is 2.34 bits per heavy atom. The molecule has 0 fully saturated rings. The maximum Gasteiger partial charge on any atom is 0.270 e. The average Bonchev–Trinajstić information content (AvgIpc) is 2.92. The van der Waals surface area contributed by atoms with Crippen molar-refractivity contribution in [3.8, 4) is 0 Å². The van der Waals surface area contributed by atoms with Crippen LogP contribution in [0.25, 0.3) is 0 Å². The zero-order valence-corrected chi connectivity index (χ0v) is 16.1. The summed E-state index contributed by atoms with van der Waals surface area (Å²) in [5, 5.41) is 13.8. The van der Waals surface area contributed by atoms with Crippen molar-refractivity contribution < 1.29 is 19.3 Å². The summed E-state index contributed by atoms with van der Waals surface area (Å²) in [4.78, 5) is 48.8. The largest absolute Gasteiger partial charge is 0.348 e. The van der Waals surface area contributed by atoms with Crippen LogP contribution in [0.4, 0.5) is 5.69 Å². The molecule has 1 N–H and O–H groups in total. The lowest BCUT2D eigenvalue weighted by molar-refractivity contribution is -0.384. The molecule has 0 aromatic heterocycles. The number of imide groups is 1. The molecule has 1 aliphatic heterocycles. The van der Waals surface area contributed by atoms with E-state index < -0.39 is 29.2 Å². The molecule has 150 valence electrons. The smallest absolute Gasteiger partial charge is 0.270 e. The Morgan fingerprint density at radius 2 is 1.72 bits per heavy atom. The number of nitro benzene ring substituents is 1. The van der Waals surface area contributed by atoms with Crippen molar-refractivity contribution in [3.05, 3.63) is 75.3 Å². The number of rotatable bonds is 7. The van der Waals surface area contributed by atoms with E-state index in [1.165, 1.54) is 12.1 Å². The van der Waals surface area contributed by atoms with Crippen LogP contribution in [-0.4, -0.2) is 34.1 Å². The third-order valence-electron chi connectivity index (χ3n) is 4.71. The molecule has 0 radical (unpaired) electrons. The number of fused-ring (bicyclic) bond motifs is 1. The predicted octanol–water partition coefficient (Wildman–Crippen LogP) is 3.09. The molecule has 0 spiro atoms. The van der Waals surface area contributed by atoms with Gasteiger partial charge in [0.15, 0.2) is 0 Å². The van der Waals surface area contributed by atoms with Crippen LogP contribution < -0.4 is 5.32 Å². The van der Waals surface area contributed by atoms with Gasteiger partial charge in [-0.1, -0.05) is 44.2 Å². The fourth-order valence-corrected chi connectivity index (χ4v) is 3.35. The van der Waals surface area contributed by atoms with Gasteiger partial charge in [0.25, 0.3) is 17.5 Å². The number of carbonyl (C=O) groups excluding carboxylic acids is 3. The van der Waals surface area contributed by atoms with Crippen molar-refractivity contribution >= 4 is 23.4 Å². The minimum Gasteiger partial charge on any atom is -0.348 e. The summed E-state index contributed by atoms with van der Waals surface area (Å²) in [5.41, 5.74) is 0.666. The van der Waals surface area contributed by atoms with Crippen LogP contribution in [0.2, 0.25) is 0 Å². The lowest BCUT2D eigenvalue weighted by Gasteiger charge is -2.22. The number of nitrogens with one attached hydrogen (secondary N) is 1. The van der Waals surface area contributed by atoms with E-state index >= 15 is 0 Å². The number of benzene rings is 2. The topological polar surface area (TPSA) is 110 Å². The summed E-state index contributed by atoms with van der Waals surface area (Å²) in [7, 11) is 0. The molecule has 0 saturated carbocycles. The minimum absolute atomic E-state index is 0.0567. The molecule has 1 atom stereocenters. The standard InChI is InChI=1S/C21H21N3O5/c1-13(2)10-18(14-6-4-3-5-7-14)22-19(25)12-23-20(26)16-9-8-15(24(28)29)11-17(16)21(23)27/h3-9,11,13,18H,10,12H2,1-2H3,(H,22,25)/t18-/m1/s1. The Hall–Kier alpha value is -3.55. The number of non-ortho nitro benzene ring substituents is 1. The van der Waals surface area contributed by atoms with Gasteiger partial charge >= 0.3 is 0 Å². The molecule has 8 nitrogen and oxygen atoms in total. The lowest BCUT2D eigenvalue weighted by atomic mass is 9.97. The molecule has 2 aromatic carbocycles. The predicted molar refractivity (Wildman–Crippen MR) is 105 cm³/mol.